The van der Waals surface area contributed by atoms with Crippen molar-refractivity contribution in [2.75, 3.05) is 6.54 Å². The largest absolute Gasteiger partial charge is 0.383 e. The topological polar surface area (TPSA) is 83.5 Å². The van der Waals surface area contributed by atoms with E-state index in [4.69, 9.17) is 0 Å². The van der Waals surface area contributed by atoms with E-state index in [1.54, 1.807) is 24.3 Å². The maximum atomic E-state index is 12.1. The van der Waals surface area contributed by atoms with Gasteiger partial charge in [-0.3, -0.25) is 4.79 Å². The van der Waals surface area contributed by atoms with Gasteiger partial charge in [-0.25, -0.2) is 8.42 Å². The lowest BCUT2D eigenvalue weighted by atomic mass is 10.1. The highest BCUT2D eigenvalue weighted by atomic mass is 32.2. The molecule has 1 saturated heterocycles. The predicted molar refractivity (Wildman–Crippen MR) is 66.5 cm³/mol. The molecule has 18 heavy (non-hydrogen) atoms. The van der Waals surface area contributed by atoms with Gasteiger partial charge in [0.05, 0.1) is 11.0 Å². The summed E-state index contributed by atoms with van der Waals surface area (Å²) in [6.07, 6.45) is -1.25. The normalized spacial score (nSPS) is 24.6. The van der Waals surface area contributed by atoms with Crippen LogP contribution in [0.5, 0.6) is 0 Å². The molecule has 2 unspecified atom stereocenters. The molecule has 0 radical (unpaired) electrons. The second-order valence-corrected chi connectivity index (χ2v) is 6.69. The molecule has 1 fully saturated rings. The molecule has 0 aromatic heterocycles. The minimum absolute atomic E-state index is 0.0268. The van der Waals surface area contributed by atoms with Gasteiger partial charge in [-0.2, -0.15) is 0 Å². The van der Waals surface area contributed by atoms with Crippen molar-refractivity contribution >= 4 is 15.7 Å². The molecule has 0 spiro atoms. The summed E-state index contributed by atoms with van der Waals surface area (Å²) in [6.45, 7) is 0.0745. The van der Waals surface area contributed by atoms with Crippen LogP contribution in [-0.2, 0) is 20.4 Å². The molecule has 0 saturated carbocycles. The zero-order valence-corrected chi connectivity index (χ0v) is 10.6. The number of piperidine rings is 1. The SMILES string of the molecule is O=C1NCC(S(=O)(=O)Cc2ccccc2)CC1O. The molecule has 2 N–H and O–H groups in total. The Bertz CT molecular complexity index is 526. The zero-order chi connectivity index (χ0) is 13.2. The molecule has 1 aliphatic rings. The van der Waals surface area contributed by atoms with E-state index in [2.05, 4.69) is 5.32 Å². The molecule has 0 aliphatic carbocycles. The first-order valence-electron chi connectivity index (χ1n) is 5.70. The highest BCUT2D eigenvalue weighted by Crippen LogP contribution is 2.17. The maximum absolute atomic E-state index is 12.1. The predicted octanol–water partition coefficient (Wildman–Crippen LogP) is -0.149. The van der Waals surface area contributed by atoms with Crippen LogP contribution in [0.2, 0.25) is 0 Å². The van der Waals surface area contributed by atoms with Gasteiger partial charge in [-0.15, -0.1) is 0 Å². The van der Waals surface area contributed by atoms with Crippen LogP contribution in [0, 0.1) is 0 Å². The highest BCUT2D eigenvalue weighted by Gasteiger charge is 2.34. The molecule has 0 bridgehead atoms. The molecular weight excluding hydrogens is 254 g/mol. The molecule has 1 aromatic carbocycles. The fourth-order valence-corrected chi connectivity index (χ4v) is 3.68. The average Bonchev–Trinajstić information content (AvgIpc) is 2.33. The van der Waals surface area contributed by atoms with E-state index in [0.29, 0.717) is 5.56 Å². The number of aliphatic hydroxyl groups excluding tert-OH is 1. The van der Waals surface area contributed by atoms with Gasteiger partial charge in [-0.1, -0.05) is 30.3 Å². The van der Waals surface area contributed by atoms with Crippen molar-refractivity contribution < 1.29 is 18.3 Å². The third kappa shape index (κ3) is 2.88. The van der Waals surface area contributed by atoms with E-state index in [-0.39, 0.29) is 18.7 Å². The van der Waals surface area contributed by atoms with Crippen LogP contribution in [-0.4, -0.2) is 37.3 Å². The summed E-state index contributed by atoms with van der Waals surface area (Å²) < 4.78 is 24.3. The molecule has 1 heterocycles. The standard InChI is InChI=1S/C12H15NO4S/c14-11-6-10(7-13-12(11)15)18(16,17)8-9-4-2-1-3-5-9/h1-5,10-11,14H,6-8H2,(H,13,15). The summed E-state index contributed by atoms with van der Waals surface area (Å²) in [7, 11) is -3.37. The van der Waals surface area contributed by atoms with Crippen LogP contribution < -0.4 is 5.32 Å². The van der Waals surface area contributed by atoms with E-state index in [1.165, 1.54) is 0 Å². The number of sulfone groups is 1. The average molecular weight is 269 g/mol. The second-order valence-electron chi connectivity index (χ2n) is 4.41. The summed E-state index contributed by atoms with van der Waals surface area (Å²) in [5.41, 5.74) is 0.712. The monoisotopic (exact) mass is 269 g/mol. The van der Waals surface area contributed by atoms with Crippen LogP contribution in [0.15, 0.2) is 30.3 Å². The summed E-state index contributed by atoms with van der Waals surface area (Å²) >= 11 is 0. The minimum atomic E-state index is -3.37. The lowest BCUT2D eigenvalue weighted by molar-refractivity contribution is -0.131. The van der Waals surface area contributed by atoms with Crippen molar-refractivity contribution in [2.24, 2.45) is 0 Å². The Labute approximate surface area is 106 Å². The van der Waals surface area contributed by atoms with E-state index in [9.17, 15) is 18.3 Å². The van der Waals surface area contributed by atoms with Gasteiger partial charge >= 0.3 is 0 Å². The summed E-state index contributed by atoms with van der Waals surface area (Å²) in [5.74, 6) is -0.567. The fraction of sp³-hybridized carbons (Fsp3) is 0.417. The maximum Gasteiger partial charge on any atom is 0.248 e. The third-order valence-electron chi connectivity index (χ3n) is 3.01. The Morgan fingerprint density at radius 3 is 2.56 bits per heavy atom. The second kappa shape index (κ2) is 5.07. The fourth-order valence-electron chi connectivity index (χ4n) is 1.97. The lowest BCUT2D eigenvalue weighted by Crippen LogP contribution is -2.50. The van der Waals surface area contributed by atoms with Gasteiger partial charge in [0.25, 0.3) is 0 Å². The van der Waals surface area contributed by atoms with Crippen LogP contribution in [0.4, 0.5) is 0 Å². The molecule has 98 valence electrons. The number of hydrogen-bond acceptors (Lipinski definition) is 4. The Kier molecular flexibility index (Phi) is 3.68. The Balaban J connectivity index is 2.10. The van der Waals surface area contributed by atoms with Crippen molar-refractivity contribution in [2.45, 2.75) is 23.5 Å². The highest BCUT2D eigenvalue weighted by molar-refractivity contribution is 7.91. The van der Waals surface area contributed by atoms with Crippen LogP contribution >= 0.6 is 0 Å². The third-order valence-corrected chi connectivity index (χ3v) is 5.12. The van der Waals surface area contributed by atoms with Crippen molar-refractivity contribution in [1.82, 2.24) is 5.32 Å². The Hall–Kier alpha value is -1.40. The molecule has 1 amide bonds. The van der Waals surface area contributed by atoms with Gasteiger partial charge in [0.15, 0.2) is 9.84 Å². The number of rotatable bonds is 3. The van der Waals surface area contributed by atoms with Gasteiger partial charge < -0.3 is 10.4 Å². The van der Waals surface area contributed by atoms with Gasteiger partial charge in [0.1, 0.15) is 6.10 Å². The van der Waals surface area contributed by atoms with Gasteiger partial charge in [0, 0.05) is 13.0 Å². The quantitative estimate of drug-likeness (QED) is 0.799. The smallest absolute Gasteiger partial charge is 0.248 e. The minimum Gasteiger partial charge on any atom is -0.383 e. The molecule has 5 nitrogen and oxygen atoms in total. The molecular formula is C12H15NO4S. The first-order valence-corrected chi connectivity index (χ1v) is 7.42. The van der Waals surface area contributed by atoms with Crippen molar-refractivity contribution in [3.05, 3.63) is 35.9 Å². The molecule has 2 rings (SSSR count). The molecule has 6 heteroatoms. The Morgan fingerprint density at radius 2 is 1.94 bits per heavy atom. The molecule has 1 aromatic rings. The first-order chi connectivity index (χ1) is 8.49. The number of nitrogens with one attached hydrogen (secondary N) is 1. The summed E-state index contributed by atoms with van der Waals surface area (Å²) in [5, 5.41) is 11.1. The zero-order valence-electron chi connectivity index (χ0n) is 9.74. The van der Waals surface area contributed by atoms with Crippen molar-refractivity contribution in [1.29, 1.82) is 0 Å². The van der Waals surface area contributed by atoms with E-state index in [1.807, 2.05) is 6.07 Å². The van der Waals surface area contributed by atoms with Crippen LogP contribution in [0.1, 0.15) is 12.0 Å². The summed E-state index contributed by atoms with van der Waals surface area (Å²) in [6, 6.07) is 8.87. The van der Waals surface area contributed by atoms with Crippen LogP contribution in [0.25, 0.3) is 0 Å². The van der Waals surface area contributed by atoms with Crippen molar-refractivity contribution in [3.63, 3.8) is 0 Å². The van der Waals surface area contributed by atoms with E-state index >= 15 is 0 Å². The van der Waals surface area contributed by atoms with Crippen molar-refractivity contribution in [3.8, 4) is 0 Å². The van der Waals surface area contributed by atoms with Crippen LogP contribution in [0.3, 0.4) is 0 Å². The number of hydrogen-bond donors (Lipinski definition) is 2. The molecule has 1 aliphatic heterocycles. The molecule has 2 atom stereocenters. The van der Waals surface area contributed by atoms with E-state index in [0.717, 1.165) is 0 Å². The summed E-state index contributed by atoms with van der Waals surface area (Å²) in [4.78, 5) is 11.1. The number of benzene rings is 1. The lowest BCUT2D eigenvalue weighted by Gasteiger charge is -2.26. The number of aliphatic hydroxyl groups is 1. The van der Waals surface area contributed by atoms with E-state index < -0.39 is 27.1 Å². The first kappa shape index (κ1) is 13.0. The van der Waals surface area contributed by atoms with Gasteiger partial charge in [0.2, 0.25) is 5.91 Å². The Morgan fingerprint density at radius 1 is 1.28 bits per heavy atom. The number of amides is 1. The van der Waals surface area contributed by atoms with Gasteiger partial charge in [-0.05, 0) is 5.56 Å². The number of carbonyl (C=O) groups is 1. The number of carbonyl (C=O) groups excluding carboxylic acids is 1.